The molecule has 0 spiro atoms. The number of rotatable bonds is 1. The molecule has 0 aromatic heterocycles. The van der Waals surface area contributed by atoms with Crippen molar-refractivity contribution in [2.75, 3.05) is 5.32 Å². The fourth-order valence-corrected chi connectivity index (χ4v) is 2.88. The Kier molecular flexibility index (Phi) is 3.03. The Hall–Kier alpha value is -1.80. The zero-order valence-corrected chi connectivity index (χ0v) is 11.4. The summed E-state index contributed by atoms with van der Waals surface area (Å²) in [5, 5.41) is 3.64. The van der Waals surface area contributed by atoms with E-state index in [1.807, 2.05) is 36.4 Å². The molecule has 0 radical (unpaired) electrons. The van der Waals surface area contributed by atoms with Gasteiger partial charge in [0.2, 0.25) is 5.91 Å². The second-order valence-electron chi connectivity index (χ2n) is 4.92. The van der Waals surface area contributed by atoms with Crippen molar-refractivity contribution in [2.24, 2.45) is 0 Å². The lowest BCUT2D eigenvalue weighted by molar-refractivity contribution is -0.116. The first kappa shape index (κ1) is 12.2. The summed E-state index contributed by atoms with van der Waals surface area (Å²) in [6.07, 6.45) is 0.445. The van der Waals surface area contributed by atoms with Gasteiger partial charge in [-0.15, -0.1) is 0 Å². The number of anilines is 1. The lowest BCUT2D eigenvalue weighted by Gasteiger charge is -2.27. The number of fused-ring (bicyclic) bond motifs is 1. The Morgan fingerprint density at radius 3 is 2.74 bits per heavy atom. The van der Waals surface area contributed by atoms with E-state index in [0.717, 1.165) is 21.8 Å². The van der Waals surface area contributed by atoms with E-state index in [1.54, 1.807) is 0 Å². The van der Waals surface area contributed by atoms with Gasteiger partial charge in [0, 0.05) is 23.0 Å². The largest absolute Gasteiger partial charge is 0.326 e. The molecule has 0 saturated carbocycles. The van der Waals surface area contributed by atoms with Crippen LogP contribution in [0.3, 0.4) is 0 Å². The molecule has 96 valence electrons. The van der Waals surface area contributed by atoms with Crippen LogP contribution in [0.25, 0.3) is 0 Å². The summed E-state index contributed by atoms with van der Waals surface area (Å²) in [7, 11) is 0. The fourth-order valence-electron chi connectivity index (χ4n) is 2.62. The average molecular weight is 272 g/mol. The number of nitrogens with one attached hydrogen (secondary N) is 1. The molecule has 0 saturated heterocycles. The van der Waals surface area contributed by atoms with Crippen LogP contribution in [0.2, 0.25) is 5.02 Å². The van der Waals surface area contributed by atoms with E-state index in [2.05, 4.69) is 18.3 Å². The molecular formula is C16H14ClNO. The van der Waals surface area contributed by atoms with Gasteiger partial charge in [-0.1, -0.05) is 47.5 Å². The quantitative estimate of drug-likeness (QED) is 0.830. The van der Waals surface area contributed by atoms with E-state index in [1.165, 1.54) is 5.56 Å². The van der Waals surface area contributed by atoms with Crippen LogP contribution >= 0.6 is 11.6 Å². The summed E-state index contributed by atoms with van der Waals surface area (Å²) in [4.78, 5) is 11.9. The third-order valence-electron chi connectivity index (χ3n) is 3.53. The molecule has 19 heavy (non-hydrogen) atoms. The van der Waals surface area contributed by atoms with E-state index in [4.69, 9.17) is 11.6 Å². The van der Waals surface area contributed by atoms with Crippen LogP contribution in [0.15, 0.2) is 42.5 Å². The van der Waals surface area contributed by atoms with Crippen LogP contribution in [-0.2, 0) is 4.79 Å². The van der Waals surface area contributed by atoms with Gasteiger partial charge >= 0.3 is 0 Å². The Balaban J connectivity index is 2.16. The highest BCUT2D eigenvalue weighted by atomic mass is 35.5. The molecule has 3 heteroatoms. The Bertz CT molecular complexity index is 651. The van der Waals surface area contributed by atoms with Gasteiger partial charge in [0.15, 0.2) is 0 Å². The molecule has 2 aromatic carbocycles. The molecule has 1 atom stereocenters. The van der Waals surface area contributed by atoms with Crippen LogP contribution in [-0.4, -0.2) is 5.91 Å². The number of benzene rings is 2. The second kappa shape index (κ2) is 4.71. The maximum absolute atomic E-state index is 11.9. The molecule has 1 amide bonds. The van der Waals surface area contributed by atoms with E-state index < -0.39 is 0 Å². The summed E-state index contributed by atoms with van der Waals surface area (Å²) in [6, 6.07) is 13.8. The third kappa shape index (κ3) is 2.24. The van der Waals surface area contributed by atoms with E-state index in [9.17, 15) is 4.79 Å². The zero-order chi connectivity index (χ0) is 13.4. The van der Waals surface area contributed by atoms with Gasteiger partial charge in [-0.3, -0.25) is 4.79 Å². The van der Waals surface area contributed by atoms with Crippen molar-refractivity contribution < 1.29 is 4.79 Å². The molecule has 1 N–H and O–H groups in total. The highest BCUT2D eigenvalue weighted by Gasteiger charge is 2.27. The van der Waals surface area contributed by atoms with E-state index in [-0.39, 0.29) is 11.8 Å². The molecule has 0 fully saturated rings. The number of carbonyl (C=O) groups is 1. The first-order valence-corrected chi connectivity index (χ1v) is 6.68. The van der Waals surface area contributed by atoms with E-state index >= 15 is 0 Å². The zero-order valence-electron chi connectivity index (χ0n) is 10.6. The monoisotopic (exact) mass is 271 g/mol. The van der Waals surface area contributed by atoms with Gasteiger partial charge in [-0.25, -0.2) is 0 Å². The highest BCUT2D eigenvalue weighted by Crippen LogP contribution is 2.39. The molecule has 3 rings (SSSR count). The number of aryl methyl sites for hydroxylation is 1. The smallest absolute Gasteiger partial charge is 0.225 e. The van der Waals surface area contributed by atoms with Crippen LogP contribution in [0, 0.1) is 6.92 Å². The van der Waals surface area contributed by atoms with Gasteiger partial charge in [-0.2, -0.15) is 0 Å². The standard InChI is InChI=1S/C16H14ClNO/c1-10-6-7-15-13(8-10)12(9-16(19)18-15)11-4-2-3-5-14(11)17/h2-8,12H,9H2,1H3,(H,18,19)/t12-/m1/s1. The molecule has 2 aromatic rings. The maximum Gasteiger partial charge on any atom is 0.225 e. The second-order valence-corrected chi connectivity index (χ2v) is 5.32. The maximum atomic E-state index is 11.9. The summed E-state index contributed by atoms with van der Waals surface area (Å²) in [5.74, 6) is 0.0821. The predicted octanol–water partition coefficient (Wildman–Crippen LogP) is 4.12. The molecule has 0 aliphatic carbocycles. The van der Waals surface area contributed by atoms with Crippen molar-refractivity contribution >= 4 is 23.2 Å². The van der Waals surface area contributed by atoms with Gasteiger partial charge in [0.05, 0.1) is 0 Å². The topological polar surface area (TPSA) is 29.1 Å². The van der Waals surface area contributed by atoms with Crippen molar-refractivity contribution in [3.8, 4) is 0 Å². The Morgan fingerprint density at radius 1 is 1.16 bits per heavy atom. The normalized spacial score (nSPS) is 17.8. The average Bonchev–Trinajstić information content (AvgIpc) is 2.39. The molecular weight excluding hydrogens is 258 g/mol. The lowest BCUT2D eigenvalue weighted by Crippen LogP contribution is -2.23. The molecule has 0 bridgehead atoms. The summed E-state index contributed by atoms with van der Waals surface area (Å²) >= 11 is 6.28. The molecule has 1 heterocycles. The van der Waals surface area contributed by atoms with Crippen LogP contribution < -0.4 is 5.32 Å². The van der Waals surface area contributed by atoms with Gasteiger partial charge in [-0.05, 0) is 30.2 Å². The minimum Gasteiger partial charge on any atom is -0.326 e. The lowest BCUT2D eigenvalue weighted by atomic mass is 9.84. The van der Waals surface area contributed by atoms with Crippen molar-refractivity contribution in [3.05, 3.63) is 64.2 Å². The number of amides is 1. The van der Waals surface area contributed by atoms with E-state index in [0.29, 0.717) is 6.42 Å². The summed E-state index contributed by atoms with van der Waals surface area (Å²) in [6.45, 7) is 2.06. The van der Waals surface area contributed by atoms with Crippen LogP contribution in [0.5, 0.6) is 0 Å². The van der Waals surface area contributed by atoms with Crippen molar-refractivity contribution in [2.45, 2.75) is 19.3 Å². The minimum absolute atomic E-state index is 0.0392. The molecule has 2 nitrogen and oxygen atoms in total. The molecule has 1 aliphatic rings. The number of hydrogen-bond donors (Lipinski definition) is 1. The number of halogens is 1. The minimum atomic E-state index is 0.0392. The van der Waals surface area contributed by atoms with Gasteiger partial charge in [0.25, 0.3) is 0 Å². The third-order valence-corrected chi connectivity index (χ3v) is 3.87. The first-order valence-electron chi connectivity index (χ1n) is 6.30. The first-order chi connectivity index (χ1) is 9.15. The SMILES string of the molecule is Cc1ccc2c(c1)[C@@H](c1ccccc1Cl)CC(=O)N2. The Morgan fingerprint density at radius 2 is 1.95 bits per heavy atom. The van der Waals surface area contributed by atoms with Crippen molar-refractivity contribution in [1.29, 1.82) is 0 Å². The van der Waals surface area contributed by atoms with Crippen LogP contribution in [0.4, 0.5) is 5.69 Å². The summed E-state index contributed by atoms with van der Waals surface area (Å²) in [5.41, 5.74) is 4.25. The van der Waals surface area contributed by atoms with Crippen LogP contribution in [0.1, 0.15) is 29.0 Å². The van der Waals surface area contributed by atoms with Gasteiger partial charge < -0.3 is 5.32 Å². The number of hydrogen-bond acceptors (Lipinski definition) is 1. The summed E-state index contributed by atoms with van der Waals surface area (Å²) < 4.78 is 0. The molecule has 1 aliphatic heterocycles. The van der Waals surface area contributed by atoms with Crippen molar-refractivity contribution in [1.82, 2.24) is 0 Å². The van der Waals surface area contributed by atoms with Gasteiger partial charge in [0.1, 0.15) is 0 Å². The van der Waals surface area contributed by atoms with Crippen molar-refractivity contribution in [3.63, 3.8) is 0 Å². The fraction of sp³-hybridized carbons (Fsp3) is 0.188. The highest BCUT2D eigenvalue weighted by molar-refractivity contribution is 6.31. The predicted molar refractivity (Wildman–Crippen MR) is 77.7 cm³/mol. The number of carbonyl (C=O) groups excluding carboxylic acids is 1. The molecule has 0 unspecified atom stereocenters. The Labute approximate surface area is 117 Å².